The Bertz CT molecular complexity index is 601. The average molecular weight is 270 g/mol. The number of aromatic nitrogens is 3. The molecule has 1 atom stereocenters. The van der Waals surface area contributed by atoms with E-state index in [-0.39, 0.29) is 11.9 Å². The lowest BCUT2D eigenvalue weighted by atomic mass is 10.0. The van der Waals surface area contributed by atoms with E-state index in [0.29, 0.717) is 5.56 Å². The van der Waals surface area contributed by atoms with Crippen molar-refractivity contribution in [1.82, 2.24) is 20.1 Å². The van der Waals surface area contributed by atoms with Crippen LogP contribution in [0.25, 0.3) is 0 Å². The second-order valence-electron chi connectivity index (χ2n) is 5.25. The topological polar surface area (TPSA) is 61.9 Å². The van der Waals surface area contributed by atoms with Gasteiger partial charge in [0.1, 0.15) is 0 Å². The van der Waals surface area contributed by atoms with E-state index in [2.05, 4.69) is 15.2 Å². The van der Waals surface area contributed by atoms with Crippen LogP contribution in [0.3, 0.4) is 0 Å². The molecule has 1 amide bonds. The van der Waals surface area contributed by atoms with Crippen molar-refractivity contribution in [3.63, 3.8) is 0 Å². The van der Waals surface area contributed by atoms with Crippen LogP contribution in [0.4, 0.5) is 0 Å². The summed E-state index contributed by atoms with van der Waals surface area (Å²) in [6, 6.07) is 3.74. The van der Waals surface area contributed by atoms with E-state index in [1.807, 2.05) is 24.8 Å². The number of nitrogens with one attached hydrogen (secondary N) is 1. The summed E-state index contributed by atoms with van der Waals surface area (Å²) in [7, 11) is 0. The van der Waals surface area contributed by atoms with E-state index >= 15 is 0 Å². The summed E-state index contributed by atoms with van der Waals surface area (Å²) < 4.78 is 0. The Morgan fingerprint density at radius 2 is 2.30 bits per heavy atom. The molecule has 1 N–H and O–H groups in total. The summed E-state index contributed by atoms with van der Waals surface area (Å²) in [5.74, 6) is 0.0561. The zero-order valence-electron chi connectivity index (χ0n) is 11.8. The third-order valence-corrected chi connectivity index (χ3v) is 3.94. The first-order valence-electron chi connectivity index (χ1n) is 6.91. The molecule has 0 unspecified atom stereocenters. The van der Waals surface area contributed by atoms with Gasteiger partial charge in [-0.25, -0.2) is 0 Å². The standard InChI is InChI=1S/C15H18N4O/c1-10-14(11(2)18-17-10)13-6-4-8-19(13)15(20)12-5-3-7-16-9-12/h3,5,7,9,13H,4,6,8H2,1-2H3,(H,17,18)/t13-/m1/s1. The number of nitrogens with zero attached hydrogens (tertiary/aromatic N) is 3. The molecule has 5 heteroatoms. The maximum atomic E-state index is 12.6. The van der Waals surface area contributed by atoms with Gasteiger partial charge in [-0.15, -0.1) is 0 Å². The first kappa shape index (κ1) is 12.8. The minimum atomic E-state index is 0.0561. The summed E-state index contributed by atoms with van der Waals surface area (Å²) >= 11 is 0. The molecule has 2 aromatic heterocycles. The van der Waals surface area contributed by atoms with E-state index in [1.165, 1.54) is 5.56 Å². The molecule has 2 aromatic rings. The maximum Gasteiger partial charge on any atom is 0.255 e. The van der Waals surface area contributed by atoms with Crippen molar-refractivity contribution in [2.45, 2.75) is 32.7 Å². The number of aryl methyl sites for hydroxylation is 2. The highest BCUT2D eigenvalue weighted by molar-refractivity contribution is 5.94. The normalized spacial score (nSPS) is 18.5. The molecular formula is C15H18N4O. The number of aromatic amines is 1. The molecule has 1 aliphatic rings. The van der Waals surface area contributed by atoms with Crippen LogP contribution in [0.15, 0.2) is 24.5 Å². The van der Waals surface area contributed by atoms with E-state index in [0.717, 1.165) is 30.8 Å². The number of likely N-dealkylation sites (tertiary alicyclic amines) is 1. The number of carbonyl (C=O) groups excluding carboxylic acids is 1. The van der Waals surface area contributed by atoms with Gasteiger partial charge >= 0.3 is 0 Å². The quantitative estimate of drug-likeness (QED) is 0.911. The van der Waals surface area contributed by atoms with Crippen molar-refractivity contribution in [3.8, 4) is 0 Å². The Balaban J connectivity index is 1.92. The molecule has 0 aliphatic carbocycles. The van der Waals surface area contributed by atoms with Crippen LogP contribution < -0.4 is 0 Å². The summed E-state index contributed by atoms with van der Waals surface area (Å²) in [4.78, 5) is 18.6. The summed E-state index contributed by atoms with van der Waals surface area (Å²) in [5.41, 5.74) is 3.86. The fourth-order valence-corrected chi connectivity index (χ4v) is 3.02. The van der Waals surface area contributed by atoms with Gasteiger partial charge in [-0.2, -0.15) is 5.10 Å². The van der Waals surface area contributed by atoms with Crippen LogP contribution in [0.1, 0.15) is 46.2 Å². The van der Waals surface area contributed by atoms with Gasteiger partial charge in [0.2, 0.25) is 0 Å². The molecule has 3 rings (SSSR count). The highest BCUT2D eigenvalue weighted by Gasteiger charge is 2.33. The molecule has 1 saturated heterocycles. The van der Waals surface area contributed by atoms with Crippen LogP contribution in [0.2, 0.25) is 0 Å². The SMILES string of the molecule is Cc1n[nH]c(C)c1[C@H]1CCCN1C(=O)c1cccnc1. The van der Waals surface area contributed by atoms with Crippen molar-refractivity contribution in [1.29, 1.82) is 0 Å². The van der Waals surface area contributed by atoms with Gasteiger partial charge in [-0.3, -0.25) is 14.9 Å². The van der Waals surface area contributed by atoms with E-state index in [9.17, 15) is 4.79 Å². The van der Waals surface area contributed by atoms with Gasteiger partial charge in [0, 0.05) is 30.2 Å². The molecule has 1 aliphatic heterocycles. The lowest BCUT2D eigenvalue weighted by molar-refractivity contribution is 0.0734. The Hall–Kier alpha value is -2.17. The van der Waals surface area contributed by atoms with E-state index < -0.39 is 0 Å². The molecule has 0 radical (unpaired) electrons. The second-order valence-corrected chi connectivity index (χ2v) is 5.25. The molecule has 1 fully saturated rings. The number of amides is 1. The highest BCUT2D eigenvalue weighted by atomic mass is 16.2. The van der Waals surface area contributed by atoms with Gasteiger partial charge in [0.25, 0.3) is 5.91 Å². The van der Waals surface area contributed by atoms with Gasteiger partial charge in [0.05, 0.1) is 17.3 Å². The predicted octanol–water partition coefficient (Wildman–Crippen LogP) is 2.40. The third kappa shape index (κ3) is 2.09. The zero-order chi connectivity index (χ0) is 14.1. The van der Waals surface area contributed by atoms with Crippen molar-refractivity contribution in [2.24, 2.45) is 0 Å². The number of carbonyl (C=O) groups is 1. The Morgan fingerprint density at radius 1 is 1.45 bits per heavy atom. The number of rotatable bonds is 2. The fraction of sp³-hybridized carbons (Fsp3) is 0.400. The molecule has 0 saturated carbocycles. The largest absolute Gasteiger partial charge is 0.331 e. The Kier molecular flexibility index (Phi) is 3.26. The van der Waals surface area contributed by atoms with Crippen LogP contribution in [-0.4, -0.2) is 32.5 Å². The molecule has 0 aromatic carbocycles. The average Bonchev–Trinajstić information content (AvgIpc) is 3.06. The number of hydrogen-bond acceptors (Lipinski definition) is 3. The van der Waals surface area contributed by atoms with E-state index in [4.69, 9.17) is 0 Å². The molecule has 20 heavy (non-hydrogen) atoms. The first-order valence-corrected chi connectivity index (χ1v) is 6.91. The van der Waals surface area contributed by atoms with Crippen molar-refractivity contribution in [2.75, 3.05) is 6.54 Å². The molecular weight excluding hydrogens is 252 g/mol. The number of hydrogen-bond donors (Lipinski definition) is 1. The first-order chi connectivity index (χ1) is 9.68. The maximum absolute atomic E-state index is 12.6. The van der Waals surface area contributed by atoms with Gasteiger partial charge in [0.15, 0.2) is 0 Å². The summed E-state index contributed by atoms with van der Waals surface area (Å²) in [6.07, 6.45) is 5.34. The van der Waals surface area contributed by atoms with E-state index in [1.54, 1.807) is 18.5 Å². The van der Waals surface area contributed by atoms with Crippen molar-refractivity contribution in [3.05, 3.63) is 47.0 Å². The minimum absolute atomic E-state index is 0.0561. The molecule has 5 nitrogen and oxygen atoms in total. The van der Waals surface area contributed by atoms with Crippen molar-refractivity contribution >= 4 is 5.91 Å². The smallest absolute Gasteiger partial charge is 0.255 e. The minimum Gasteiger partial charge on any atom is -0.331 e. The highest BCUT2D eigenvalue weighted by Crippen LogP contribution is 2.35. The zero-order valence-corrected chi connectivity index (χ0v) is 11.8. The van der Waals surface area contributed by atoms with Crippen LogP contribution in [-0.2, 0) is 0 Å². The molecule has 3 heterocycles. The Morgan fingerprint density at radius 3 is 2.95 bits per heavy atom. The Labute approximate surface area is 118 Å². The fourth-order valence-electron chi connectivity index (χ4n) is 3.02. The lowest BCUT2D eigenvalue weighted by Crippen LogP contribution is -2.31. The van der Waals surface area contributed by atoms with Crippen molar-refractivity contribution < 1.29 is 4.79 Å². The lowest BCUT2D eigenvalue weighted by Gasteiger charge is -2.25. The van der Waals surface area contributed by atoms with Crippen LogP contribution in [0.5, 0.6) is 0 Å². The molecule has 0 bridgehead atoms. The summed E-state index contributed by atoms with van der Waals surface area (Å²) in [5, 5.41) is 7.26. The number of pyridine rings is 1. The van der Waals surface area contributed by atoms with Crippen LogP contribution in [0, 0.1) is 13.8 Å². The number of H-pyrrole nitrogens is 1. The second kappa shape index (κ2) is 5.07. The predicted molar refractivity (Wildman–Crippen MR) is 75.3 cm³/mol. The summed E-state index contributed by atoms with van der Waals surface area (Å²) in [6.45, 7) is 4.80. The monoisotopic (exact) mass is 270 g/mol. The van der Waals surface area contributed by atoms with Gasteiger partial charge in [-0.05, 0) is 38.8 Å². The van der Waals surface area contributed by atoms with Gasteiger partial charge < -0.3 is 4.90 Å². The van der Waals surface area contributed by atoms with Gasteiger partial charge in [-0.1, -0.05) is 0 Å². The van der Waals surface area contributed by atoms with Crippen LogP contribution >= 0.6 is 0 Å². The molecule has 104 valence electrons. The third-order valence-electron chi connectivity index (χ3n) is 3.94. The molecule has 0 spiro atoms.